The van der Waals surface area contributed by atoms with E-state index in [9.17, 15) is 9.90 Å². The van der Waals surface area contributed by atoms with Gasteiger partial charge in [0.15, 0.2) is 0 Å². The first-order valence-electron chi connectivity index (χ1n) is 12.1. The van der Waals surface area contributed by atoms with Gasteiger partial charge in [-0.3, -0.25) is 0 Å². The molecular weight excluding hydrogens is 436 g/mol. The Morgan fingerprint density at radius 3 is 2.69 bits per heavy atom. The first kappa shape index (κ1) is 22.9. The van der Waals surface area contributed by atoms with Crippen LogP contribution in [0.2, 0.25) is 0 Å². The molecule has 1 heterocycles. The molecule has 0 unspecified atom stereocenters. The van der Waals surface area contributed by atoms with Crippen molar-refractivity contribution in [3.05, 3.63) is 102 Å². The molecule has 1 aliphatic rings. The number of hydrogen-bond donors (Lipinski definition) is 2. The summed E-state index contributed by atoms with van der Waals surface area (Å²) < 4.78 is 6.34. The third-order valence-corrected chi connectivity index (χ3v) is 6.81. The molecule has 4 aromatic carbocycles. The van der Waals surface area contributed by atoms with E-state index < -0.39 is 5.97 Å². The fraction of sp³-hybridized carbons (Fsp3) is 0.233. The number of aromatic carboxylic acids is 1. The van der Waals surface area contributed by atoms with Crippen LogP contribution in [-0.4, -0.2) is 30.3 Å². The molecule has 0 aliphatic carbocycles. The lowest BCUT2D eigenvalue weighted by Crippen LogP contribution is -2.39. The van der Waals surface area contributed by atoms with E-state index in [1.54, 1.807) is 6.07 Å². The van der Waals surface area contributed by atoms with Crippen molar-refractivity contribution >= 4 is 28.1 Å². The van der Waals surface area contributed by atoms with E-state index in [4.69, 9.17) is 4.74 Å². The lowest BCUT2D eigenvalue weighted by Gasteiger charge is -2.36. The Labute approximate surface area is 206 Å². The third-order valence-electron chi connectivity index (χ3n) is 6.81. The monoisotopic (exact) mass is 466 g/mol. The second-order valence-electron chi connectivity index (χ2n) is 9.16. The van der Waals surface area contributed by atoms with Crippen LogP contribution in [0.3, 0.4) is 0 Å². The number of para-hydroxylation sites is 2. The summed E-state index contributed by atoms with van der Waals surface area (Å²) in [6.07, 6.45) is 0.809. The van der Waals surface area contributed by atoms with E-state index in [0.29, 0.717) is 12.1 Å². The second kappa shape index (κ2) is 9.80. The van der Waals surface area contributed by atoms with Gasteiger partial charge >= 0.3 is 5.97 Å². The highest BCUT2D eigenvalue weighted by Gasteiger charge is 2.27. The van der Waals surface area contributed by atoms with Gasteiger partial charge in [-0.05, 0) is 73.0 Å². The fourth-order valence-electron chi connectivity index (χ4n) is 4.90. The van der Waals surface area contributed by atoms with Crippen LogP contribution in [0.4, 0.5) is 11.4 Å². The molecule has 1 aliphatic heterocycles. The summed E-state index contributed by atoms with van der Waals surface area (Å²) in [5.74, 6) is -0.0858. The summed E-state index contributed by atoms with van der Waals surface area (Å²) in [5.41, 5.74) is 4.20. The zero-order valence-electron chi connectivity index (χ0n) is 20.1. The summed E-state index contributed by atoms with van der Waals surface area (Å²) in [5, 5.41) is 15.8. The summed E-state index contributed by atoms with van der Waals surface area (Å²) >= 11 is 0. The lowest BCUT2D eigenvalue weighted by molar-refractivity contribution is 0.0696. The van der Waals surface area contributed by atoms with Crippen LogP contribution in [0, 0.1) is 6.92 Å². The van der Waals surface area contributed by atoms with Gasteiger partial charge in [-0.2, -0.15) is 0 Å². The minimum atomic E-state index is -0.908. The molecule has 0 saturated carbocycles. The Kier molecular flexibility index (Phi) is 6.43. The van der Waals surface area contributed by atoms with Crippen molar-refractivity contribution in [3.8, 4) is 5.75 Å². The topological polar surface area (TPSA) is 61.8 Å². The van der Waals surface area contributed by atoms with Gasteiger partial charge in [0.05, 0.1) is 17.8 Å². The number of anilines is 2. The van der Waals surface area contributed by atoms with E-state index in [-0.39, 0.29) is 12.1 Å². The Morgan fingerprint density at radius 1 is 1.06 bits per heavy atom. The zero-order chi connectivity index (χ0) is 24.4. The van der Waals surface area contributed by atoms with Crippen molar-refractivity contribution in [1.29, 1.82) is 0 Å². The minimum absolute atomic E-state index is 0.0216. The number of hydrogen-bond acceptors (Lipinski definition) is 4. The number of ether oxygens (including phenoxy) is 1. The van der Waals surface area contributed by atoms with Gasteiger partial charge in [0.25, 0.3) is 0 Å². The summed E-state index contributed by atoms with van der Waals surface area (Å²) in [7, 11) is 0. The van der Waals surface area contributed by atoms with Crippen LogP contribution < -0.4 is 15.0 Å². The zero-order valence-corrected chi connectivity index (χ0v) is 20.1. The molecule has 2 N–H and O–H groups in total. The lowest BCUT2D eigenvalue weighted by atomic mass is 9.99. The van der Waals surface area contributed by atoms with Crippen LogP contribution in [-0.2, 0) is 0 Å². The Balaban J connectivity index is 1.31. The molecule has 5 heteroatoms. The highest BCUT2D eigenvalue weighted by molar-refractivity contribution is 5.91. The van der Waals surface area contributed by atoms with E-state index in [2.05, 4.69) is 59.6 Å². The number of carbonyl (C=O) groups is 1. The SMILES string of the molecule is Cc1ccc(N2C[C@H](CCN[C@H](C)c3cccc4ccccc34)Oc3ccccc32)cc1C(=O)O. The summed E-state index contributed by atoms with van der Waals surface area (Å²) in [4.78, 5) is 13.9. The maximum atomic E-state index is 11.7. The number of fused-ring (bicyclic) bond motifs is 2. The van der Waals surface area contributed by atoms with E-state index in [0.717, 1.165) is 35.7 Å². The van der Waals surface area contributed by atoms with Crippen LogP contribution in [0.15, 0.2) is 84.9 Å². The molecule has 0 aromatic heterocycles. The van der Waals surface area contributed by atoms with Gasteiger partial charge in [-0.25, -0.2) is 4.79 Å². The maximum absolute atomic E-state index is 11.7. The molecule has 5 nitrogen and oxygen atoms in total. The quantitative estimate of drug-likeness (QED) is 0.326. The highest BCUT2D eigenvalue weighted by Crippen LogP contribution is 2.39. The number of nitrogens with one attached hydrogen (secondary N) is 1. The Morgan fingerprint density at radius 2 is 1.83 bits per heavy atom. The van der Waals surface area contributed by atoms with Gasteiger partial charge in [0.2, 0.25) is 0 Å². The first-order chi connectivity index (χ1) is 17.0. The molecular formula is C30H30N2O3. The van der Waals surface area contributed by atoms with Gasteiger partial charge < -0.3 is 20.1 Å². The van der Waals surface area contributed by atoms with Crippen LogP contribution in [0.1, 0.15) is 40.9 Å². The van der Waals surface area contributed by atoms with Crippen LogP contribution >= 0.6 is 0 Å². The Bertz CT molecular complexity index is 1360. The van der Waals surface area contributed by atoms with Crippen molar-refractivity contribution in [3.63, 3.8) is 0 Å². The average molecular weight is 467 g/mol. The largest absolute Gasteiger partial charge is 0.486 e. The molecule has 0 saturated heterocycles. The number of carboxylic acid groups (broad SMARTS) is 1. The van der Waals surface area contributed by atoms with Crippen molar-refractivity contribution in [1.82, 2.24) is 5.32 Å². The summed E-state index contributed by atoms with van der Waals surface area (Å²) in [6, 6.07) is 28.7. The van der Waals surface area contributed by atoms with Crippen molar-refractivity contribution in [2.45, 2.75) is 32.4 Å². The second-order valence-corrected chi connectivity index (χ2v) is 9.16. The number of nitrogens with zero attached hydrogens (tertiary/aromatic N) is 1. The first-order valence-corrected chi connectivity index (χ1v) is 12.1. The predicted molar refractivity (Wildman–Crippen MR) is 141 cm³/mol. The number of rotatable bonds is 7. The third kappa shape index (κ3) is 4.73. The van der Waals surface area contributed by atoms with Crippen LogP contribution in [0.5, 0.6) is 5.75 Å². The molecule has 5 rings (SSSR count). The normalized spacial score (nSPS) is 15.9. The fourth-order valence-corrected chi connectivity index (χ4v) is 4.90. The van der Waals surface area contributed by atoms with Gasteiger partial charge in [0, 0.05) is 11.7 Å². The van der Waals surface area contributed by atoms with E-state index >= 15 is 0 Å². The molecule has 0 amide bonds. The van der Waals surface area contributed by atoms with Gasteiger partial charge in [-0.1, -0.05) is 60.7 Å². The number of carboxylic acids is 1. The van der Waals surface area contributed by atoms with Crippen molar-refractivity contribution in [2.75, 3.05) is 18.0 Å². The number of aryl methyl sites for hydroxylation is 1. The predicted octanol–water partition coefficient (Wildman–Crippen LogP) is 6.49. The molecule has 178 valence electrons. The van der Waals surface area contributed by atoms with E-state index in [1.165, 1.54) is 16.3 Å². The van der Waals surface area contributed by atoms with Crippen LogP contribution in [0.25, 0.3) is 10.8 Å². The molecule has 0 bridgehead atoms. The molecule has 4 aromatic rings. The van der Waals surface area contributed by atoms with Crippen molar-refractivity contribution < 1.29 is 14.6 Å². The molecule has 0 spiro atoms. The standard InChI is InChI=1S/C30H30N2O3/c1-20-14-15-23(18-27(20)30(33)34)32-19-24(35-29-13-6-5-12-28(29)32)16-17-31-21(2)25-11-7-9-22-8-3-4-10-26(22)25/h3-15,18,21,24,31H,16-17,19H2,1-2H3,(H,33,34)/t21-,24+/m1/s1. The number of benzene rings is 4. The highest BCUT2D eigenvalue weighted by atomic mass is 16.5. The average Bonchev–Trinajstić information content (AvgIpc) is 2.88. The summed E-state index contributed by atoms with van der Waals surface area (Å²) in [6.45, 7) is 5.49. The molecule has 35 heavy (non-hydrogen) atoms. The van der Waals surface area contributed by atoms with Gasteiger partial charge in [-0.15, -0.1) is 0 Å². The molecule has 0 radical (unpaired) electrons. The van der Waals surface area contributed by atoms with Crippen molar-refractivity contribution in [2.24, 2.45) is 0 Å². The minimum Gasteiger partial charge on any atom is -0.486 e. The van der Waals surface area contributed by atoms with E-state index in [1.807, 2.05) is 43.3 Å². The molecule has 0 fully saturated rings. The maximum Gasteiger partial charge on any atom is 0.336 e. The smallest absolute Gasteiger partial charge is 0.336 e. The molecule has 2 atom stereocenters. The van der Waals surface area contributed by atoms with Gasteiger partial charge in [0.1, 0.15) is 11.9 Å². The Hall–Kier alpha value is -3.83.